The topological polar surface area (TPSA) is 107 Å². The fourth-order valence-electron chi connectivity index (χ4n) is 4.49. The number of nitrogens with zero attached hydrogens (tertiary/aromatic N) is 6. The first-order chi connectivity index (χ1) is 17.6. The van der Waals surface area contributed by atoms with Crippen molar-refractivity contribution < 1.29 is 5.11 Å². The van der Waals surface area contributed by atoms with Gasteiger partial charge in [-0.3, -0.25) is 4.90 Å². The minimum atomic E-state index is -0.422. The van der Waals surface area contributed by atoms with E-state index in [0.29, 0.717) is 17.5 Å². The van der Waals surface area contributed by atoms with E-state index in [1.807, 2.05) is 49.4 Å². The van der Waals surface area contributed by atoms with Crippen LogP contribution in [0.5, 0.6) is 0 Å². The van der Waals surface area contributed by atoms with E-state index in [1.54, 1.807) is 0 Å². The highest BCUT2D eigenvalue weighted by atomic mass is 32.2. The molecule has 1 fully saturated rings. The van der Waals surface area contributed by atoms with E-state index >= 15 is 0 Å². The Bertz CT molecular complexity index is 1360. The number of aliphatic hydroxyl groups is 1. The number of aliphatic hydroxyl groups excluding tert-OH is 1. The Balaban J connectivity index is 1.42. The van der Waals surface area contributed by atoms with Gasteiger partial charge in [-0.2, -0.15) is 5.26 Å². The van der Waals surface area contributed by atoms with Crippen molar-refractivity contribution in [3.8, 4) is 6.07 Å². The molecule has 1 atom stereocenters. The molecule has 36 heavy (non-hydrogen) atoms. The van der Waals surface area contributed by atoms with Crippen LogP contribution < -0.4 is 0 Å². The number of aromatic nitrogens is 5. The number of H-pyrrole nitrogens is 1. The van der Waals surface area contributed by atoms with Crippen molar-refractivity contribution in [1.82, 2.24) is 29.6 Å². The standard InChI is InChI=1S/C27H29N7OS/c1-19(25(35)21(16-28)26-29-22-12-6-7-13-23(22)30-26)36-27-32-31-24(18-33-14-8-3-9-15-33)34(27)17-20-10-4-2-5-11-20/h2,4-7,10-13,19,35H,3,8-9,14-15,17-18H2,1H3,(H,29,30)/b25-21-. The van der Waals surface area contributed by atoms with Gasteiger partial charge in [-0.25, -0.2) is 4.98 Å². The molecule has 1 aliphatic heterocycles. The molecule has 2 aromatic heterocycles. The van der Waals surface area contributed by atoms with E-state index in [2.05, 4.69) is 47.8 Å². The summed E-state index contributed by atoms with van der Waals surface area (Å²) in [5.74, 6) is 1.24. The molecule has 9 heteroatoms. The maximum atomic E-state index is 11.1. The van der Waals surface area contributed by atoms with Gasteiger partial charge in [0.15, 0.2) is 11.0 Å². The molecule has 4 aromatic rings. The SMILES string of the molecule is CC(Sc1nnc(CN2CCCCC2)n1Cc1ccccc1)/C(O)=C(\C#N)c1nc2ccccc2[nH]1. The molecule has 184 valence electrons. The molecule has 0 saturated carbocycles. The zero-order valence-corrected chi connectivity index (χ0v) is 21.1. The molecule has 2 aromatic carbocycles. The molecule has 0 bridgehead atoms. The summed E-state index contributed by atoms with van der Waals surface area (Å²) in [7, 11) is 0. The molecular weight excluding hydrogens is 470 g/mol. The first kappa shape index (κ1) is 24.1. The van der Waals surface area contributed by atoms with Crippen LogP contribution in [0.15, 0.2) is 65.5 Å². The second-order valence-electron chi connectivity index (χ2n) is 9.04. The number of imidazole rings is 1. The van der Waals surface area contributed by atoms with Crippen LogP contribution in [0.2, 0.25) is 0 Å². The summed E-state index contributed by atoms with van der Waals surface area (Å²) in [6, 6.07) is 19.9. The number of likely N-dealkylation sites (tertiary alicyclic amines) is 1. The van der Waals surface area contributed by atoms with E-state index in [1.165, 1.54) is 31.0 Å². The third-order valence-electron chi connectivity index (χ3n) is 6.45. The van der Waals surface area contributed by atoms with E-state index in [-0.39, 0.29) is 11.3 Å². The lowest BCUT2D eigenvalue weighted by Gasteiger charge is -2.26. The number of piperidine rings is 1. The number of nitriles is 1. The Labute approximate surface area is 214 Å². The Morgan fingerprint density at radius 1 is 1.06 bits per heavy atom. The first-order valence-electron chi connectivity index (χ1n) is 12.3. The van der Waals surface area contributed by atoms with E-state index in [0.717, 1.165) is 42.1 Å². The van der Waals surface area contributed by atoms with Gasteiger partial charge in [0.05, 0.1) is 29.4 Å². The summed E-state index contributed by atoms with van der Waals surface area (Å²) in [5.41, 5.74) is 2.86. The van der Waals surface area contributed by atoms with Gasteiger partial charge in [0.25, 0.3) is 0 Å². The van der Waals surface area contributed by atoms with Crippen LogP contribution in [0, 0.1) is 11.3 Å². The molecule has 1 aliphatic rings. The highest BCUT2D eigenvalue weighted by Crippen LogP contribution is 2.31. The average Bonchev–Trinajstić information content (AvgIpc) is 3.50. The largest absolute Gasteiger partial charge is 0.510 e. The average molecular weight is 500 g/mol. The van der Waals surface area contributed by atoms with E-state index in [4.69, 9.17) is 0 Å². The highest BCUT2D eigenvalue weighted by Gasteiger charge is 2.23. The summed E-state index contributed by atoms with van der Waals surface area (Å²) >= 11 is 1.40. The third kappa shape index (κ3) is 5.30. The molecule has 1 unspecified atom stereocenters. The molecule has 8 nitrogen and oxygen atoms in total. The zero-order valence-electron chi connectivity index (χ0n) is 20.3. The molecule has 0 spiro atoms. The van der Waals surface area contributed by atoms with Gasteiger partial charge in [0.2, 0.25) is 0 Å². The van der Waals surface area contributed by atoms with E-state index in [9.17, 15) is 10.4 Å². The summed E-state index contributed by atoms with van der Waals surface area (Å²) < 4.78 is 2.13. The second-order valence-corrected chi connectivity index (χ2v) is 10.3. The van der Waals surface area contributed by atoms with Crippen molar-refractivity contribution in [2.45, 2.75) is 49.7 Å². The van der Waals surface area contributed by atoms with Crippen LogP contribution in [-0.4, -0.2) is 53.1 Å². The van der Waals surface area contributed by atoms with Crippen molar-refractivity contribution in [3.63, 3.8) is 0 Å². The minimum Gasteiger partial charge on any atom is -0.510 e. The van der Waals surface area contributed by atoms with Crippen molar-refractivity contribution in [2.24, 2.45) is 0 Å². The van der Waals surface area contributed by atoms with Crippen molar-refractivity contribution in [2.75, 3.05) is 13.1 Å². The summed E-state index contributed by atoms with van der Waals surface area (Å²) in [6.45, 7) is 5.41. The lowest BCUT2D eigenvalue weighted by Crippen LogP contribution is -2.30. The molecule has 0 amide bonds. The Morgan fingerprint density at radius 3 is 2.56 bits per heavy atom. The second kappa shape index (κ2) is 11.0. The van der Waals surface area contributed by atoms with Crippen molar-refractivity contribution >= 4 is 28.4 Å². The fraction of sp³-hybridized carbons (Fsp3) is 0.333. The van der Waals surface area contributed by atoms with Crippen LogP contribution in [0.4, 0.5) is 0 Å². The fourth-order valence-corrected chi connectivity index (χ4v) is 5.42. The normalized spacial score (nSPS) is 16.0. The smallest absolute Gasteiger partial charge is 0.192 e. The van der Waals surface area contributed by atoms with Crippen molar-refractivity contribution in [3.05, 3.63) is 77.6 Å². The molecule has 2 N–H and O–H groups in total. The van der Waals surface area contributed by atoms with Crippen LogP contribution in [-0.2, 0) is 13.1 Å². The molecule has 0 aliphatic carbocycles. The predicted molar refractivity (Wildman–Crippen MR) is 141 cm³/mol. The number of rotatable bonds is 8. The molecule has 0 radical (unpaired) electrons. The third-order valence-corrected chi connectivity index (χ3v) is 7.54. The number of hydrogen-bond acceptors (Lipinski definition) is 7. The molecule has 3 heterocycles. The number of benzene rings is 2. The number of para-hydroxylation sites is 2. The molecular formula is C27H29N7OS. The van der Waals surface area contributed by atoms with Crippen LogP contribution in [0.1, 0.15) is 43.4 Å². The Kier molecular flexibility index (Phi) is 7.35. The molecule has 5 rings (SSSR count). The van der Waals surface area contributed by atoms with Crippen LogP contribution in [0.3, 0.4) is 0 Å². The van der Waals surface area contributed by atoms with Gasteiger partial charge in [-0.15, -0.1) is 10.2 Å². The number of allylic oxidation sites excluding steroid dienone is 1. The van der Waals surface area contributed by atoms with Gasteiger partial charge < -0.3 is 14.7 Å². The maximum Gasteiger partial charge on any atom is 0.192 e. The molecule has 1 saturated heterocycles. The lowest BCUT2D eigenvalue weighted by atomic mass is 10.1. The highest BCUT2D eigenvalue weighted by molar-refractivity contribution is 7.99. The van der Waals surface area contributed by atoms with Gasteiger partial charge >= 0.3 is 0 Å². The van der Waals surface area contributed by atoms with Crippen molar-refractivity contribution in [1.29, 1.82) is 5.26 Å². The Morgan fingerprint density at radius 2 is 1.81 bits per heavy atom. The van der Waals surface area contributed by atoms with Crippen LogP contribution >= 0.6 is 11.8 Å². The van der Waals surface area contributed by atoms with Crippen LogP contribution in [0.25, 0.3) is 16.6 Å². The monoisotopic (exact) mass is 499 g/mol. The zero-order chi connectivity index (χ0) is 24.9. The maximum absolute atomic E-state index is 11.1. The quantitative estimate of drug-likeness (QED) is 0.196. The predicted octanol–water partition coefficient (Wildman–Crippen LogP) is 5.16. The van der Waals surface area contributed by atoms with Gasteiger partial charge in [0.1, 0.15) is 23.2 Å². The first-order valence-corrected chi connectivity index (χ1v) is 13.1. The van der Waals surface area contributed by atoms with Gasteiger partial charge in [-0.1, -0.05) is 60.6 Å². The summed E-state index contributed by atoms with van der Waals surface area (Å²) in [4.78, 5) is 10.1. The number of hydrogen-bond donors (Lipinski definition) is 2. The minimum absolute atomic E-state index is 0.0339. The van der Waals surface area contributed by atoms with E-state index < -0.39 is 5.25 Å². The van der Waals surface area contributed by atoms with Gasteiger partial charge in [0, 0.05) is 0 Å². The number of nitrogens with one attached hydrogen (secondary N) is 1. The number of fused-ring (bicyclic) bond motifs is 1. The summed E-state index contributed by atoms with van der Waals surface area (Å²) in [6.07, 6.45) is 3.70. The Hall–Kier alpha value is -3.61. The number of aromatic amines is 1. The summed E-state index contributed by atoms with van der Waals surface area (Å²) in [5, 5.41) is 30.3. The van der Waals surface area contributed by atoms with Gasteiger partial charge in [-0.05, 0) is 50.6 Å². The lowest BCUT2D eigenvalue weighted by molar-refractivity contribution is 0.213. The number of thioether (sulfide) groups is 1.